The molecule has 1 heterocycles. The Morgan fingerprint density at radius 1 is 1.03 bits per heavy atom. The third kappa shape index (κ3) is 5.55. The lowest BCUT2D eigenvalue weighted by atomic mass is 10.1. The number of nitrogens with zero attached hydrogens (tertiary/aromatic N) is 2. The number of carbonyl (C=O) groups excluding carboxylic acids is 3. The number of carbonyl (C=O) groups is 3. The van der Waals surface area contributed by atoms with Gasteiger partial charge in [-0.05, 0) is 56.5 Å². The number of ketones is 1. The molecular weight excluding hydrogens is 412 g/mol. The molecule has 0 aliphatic rings. The Morgan fingerprint density at radius 2 is 1.74 bits per heavy atom. The van der Waals surface area contributed by atoms with E-state index in [1.807, 2.05) is 6.07 Å². The van der Waals surface area contributed by atoms with Crippen molar-refractivity contribution in [2.24, 2.45) is 4.99 Å². The number of hydrogen-bond donors (Lipinski definition) is 0. The average Bonchev–Trinajstić information content (AvgIpc) is 3.08. The van der Waals surface area contributed by atoms with Crippen LogP contribution in [0.15, 0.2) is 47.5 Å². The molecule has 2 aromatic carbocycles. The minimum atomic E-state index is -0.425. The van der Waals surface area contributed by atoms with Gasteiger partial charge in [0, 0.05) is 11.1 Å². The highest BCUT2D eigenvalue weighted by molar-refractivity contribution is 7.16. The zero-order valence-electron chi connectivity index (χ0n) is 18.0. The van der Waals surface area contributed by atoms with Gasteiger partial charge < -0.3 is 9.30 Å². The van der Waals surface area contributed by atoms with Gasteiger partial charge in [-0.25, -0.2) is 0 Å². The second kappa shape index (κ2) is 10.3. The summed E-state index contributed by atoms with van der Waals surface area (Å²) in [6.07, 6.45) is 3.20. The maximum atomic E-state index is 12.8. The molecule has 0 unspecified atom stereocenters. The van der Waals surface area contributed by atoms with Gasteiger partial charge in [0.25, 0.3) is 5.91 Å². The largest absolute Gasteiger partial charge is 0.465 e. The lowest BCUT2D eigenvalue weighted by Crippen LogP contribution is -2.23. The maximum absolute atomic E-state index is 12.8. The molecule has 6 nitrogen and oxygen atoms in total. The fourth-order valence-electron chi connectivity index (χ4n) is 3.23. The van der Waals surface area contributed by atoms with Crippen LogP contribution >= 0.6 is 11.3 Å². The molecule has 3 aromatic rings. The number of unbranched alkanes of at least 4 members (excludes halogenated alkanes) is 1. The monoisotopic (exact) mass is 438 g/mol. The predicted octanol–water partition coefficient (Wildman–Crippen LogP) is 4.55. The van der Waals surface area contributed by atoms with Gasteiger partial charge in [0.15, 0.2) is 10.6 Å². The van der Waals surface area contributed by atoms with Crippen molar-refractivity contribution in [2.45, 2.75) is 46.6 Å². The summed E-state index contributed by atoms with van der Waals surface area (Å²) >= 11 is 1.38. The second-order valence-electron chi connectivity index (χ2n) is 7.23. The van der Waals surface area contributed by atoms with Gasteiger partial charge in [0.05, 0.1) is 16.8 Å². The van der Waals surface area contributed by atoms with Crippen LogP contribution in [0.25, 0.3) is 10.2 Å². The molecule has 0 bridgehead atoms. The Morgan fingerprint density at radius 3 is 2.39 bits per heavy atom. The number of hydrogen-bond acceptors (Lipinski definition) is 5. The van der Waals surface area contributed by atoms with Crippen molar-refractivity contribution in [1.29, 1.82) is 0 Å². The Hall–Kier alpha value is -3.06. The number of ether oxygens (including phenoxy) is 1. The molecule has 0 saturated carbocycles. The maximum Gasteiger partial charge on any atom is 0.326 e. The molecule has 0 radical (unpaired) electrons. The van der Waals surface area contributed by atoms with Crippen molar-refractivity contribution in [3.63, 3.8) is 0 Å². The van der Waals surface area contributed by atoms with E-state index in [0.717, 1.165) is 29.5 Å². The number of Topliss-reactive ketones (excluding diaryl/α,β-unsaturated/α-hetero) is 1. The molecule has 31 heavy (non-hydrogen) atoms. The average molecular weight is 439 g/mol. The number of aryl methyl sites for hydroxylation is 1. The third-order valence-corrected chi connectivity index (χ3v) is 5.94. The summed E-state index contributed by atoms with van der Waals surface area (Å²) in [6.45, 7) is 5.66. The van der Waals surface area contributed by atoms with Crippen molar-refractivity contribution < 1.29 is 19.1 Å². The molecule has 0 aliphatic heterocycles. The molecule has 0 N–H and O–H groups in total. The fourth-order valence-corrected chi connectivity index (χ4v) is 4.32. The van der Waals surface area contributed by atoms with E-state index in [-0.39, 0.29) is 24.9 Å². The molecule has 0 atom stereocenters. The van der Waals surface area contributed by atoms with E-state index in [1.54, 1.807) is 35.8 Å². The number of aromatic nitrogens is 1. The minimum Gasteiger partial charge on any atom is -0.465 e. The normalized spacial score (nSPS) is 11.6. The first-order valence-electron chi connectivity index (χ1n) is 10.4. The smallest absolute Gasteiger partial charge is 0.326 e. The van der Waals surface area contributed by atoms with Gasteiger partial charge in [0.2, 0.25) is 0 Å². The zero-order valence-corrected chi connectivity index (χ0v) is 18.8. The van der Waals surface area contributed by atoms with Crippen LogP contribution in [0.1, 0.15) is 59.9 Å². The second-order valence-corrected chi connectivity index (χ2v) is 8.24. The number of benzene rings is 2. The van der Waals surface area contributed by atoms with Crippen LogP contribution < -0.4 is 4.80 Å². The summed E-state index contributed by atoms with van der Waals surface area (Å²) in [5, 5.41) is 0. The van der Waals surface area contributed by atoms with Crippen molar-refractivity contribution in [3.05, 3.63) is 64.0 Å². The summed E-state index contributed by atoms with van der Waals surface area (Å²) in [4.78, 5) is 41.1. The fraction of sp³-hybridized carbons (Fsp3) is 0.333. The number of amides is 1. The van der Waals surface area contributed by atoms with Crippen LogP contribution in [-0.4, -0.2) is 28.8 Å². The van der Waals surface area contributed by atoms with Gasteiger partial charge in [0.1, 0.15) is 6.54 Å². The van der Waals surface area contributed by atoms with E-state index >= 15 is 0 Å². The van der Waals surface area contributed by atoms with Crippen molar-refractivity contribution in [2.75, 3.05) is 6.61 Å². The van der Waals surface area contributed by atoms with Crippen molar-refractivity contribution in [3.8, 4) is 0 Å². The van der Waals surface area contributed by atoms with Crippen LogP contribution in [0.4, 0.5) is 0 Å². The van der Waals surface area contributed by atoms with E-state index in [9.17, 15) is 14.4 Å². The molecule has 3 rings (SSSR count). The van der Waals surface area contributed by atoms with E-state index in [2.05, 4.69) is 24.0 Å². The van der Waals surface area contributed by atoms with Crippen LogP contribution in [0.5, 0.6) is 0 Å². The standard InChI is InChI=1S/C24H26N2O4S/c1-4-6-7-17-8-13-20-21(14-17)31-24(26(20)15-22(28)30-5-2)25-23(29)19-11-9-18(10-12-19)16(3)27/h8-14H,4-7,15H2,1-3H3. The quantitative estimate of drug-likeness (QED) is 0.382. The molecule has 0 aliphatic carbocycles. The van der Waals surface area contributed by atoms with Crippen molar-refractivity contribution in [1.82, 2.24) is 4.57 Å². The van der Waals surface area contributed by atoms with Gasteiger partial charge in [-0.3, -0.25) is 14.4 Å². The van der Waals surface area contributed by atoms with Gasteiger partial charge in [-0.15, -0.1) is 0 Å². The van der Waals surface area contributed by atoms with Crippen LogP contribution in [0, 0.1) is 0 Å². The molecule has 7 heteroatoms. The van der Waals surface area contributed by atoms with Crippen LogP contribution in [0.2, 0.25) is 0 Å². The summed E-state index contributed by atoms with van der Waals surface area (Å²) < 4.78 is 7.80. The lowest BCUT2D eigenvalue weighted by Gasteiger charge is -2.06. The highest BCUT2D eigenvalue weighted by atomic mass is 32.1. The summed E-state index contributed by atoms with van der Waals surface area (Å²) in [5.74, 6) is -0.867. The first-order chi connectivity index (χ1) is 14.9. The Bertz CT molecular complexity index is 1170. The SMILES string of the molecule is CCCCc1ccc2c(c1)sc(=NC(=O)c1ccc(C(C)=O)cc1)n2CC(=O)OCC. The third-order valence-electron chi connectivity index (χ3n) is 4.89. The molecule has 0 spiro atoms. The Labute approximate surface area is 185 Å². The van der Waals surface area contributed by atoms with Gasteiger partial charge in [-0.2, -0.15) is 4.99 Å². The molecule has 0 fully saturated rings. The summed E-state index contributed by atoms with van der Waals surface area (Å²) in [6, 6.07) is 12.5. The van der Waals surface area contributed by atoms with E-state index in [1.165, 1.54) is 23.8 Å². The van der Waals surface area contributed by atoms with Crippen LogP contribution in [-0.2, 0) is 22.5 Å². The minimum absolute atomic E-state index is 0.0163. The number of esters is 1. The highest BCUT2D eigenvalue weighted by Crippen LogP contribution is 2.21. The molecule has 162 valence electrons. The summed E-state index contributed by atoms with van der Waals surface area (Å²) in [5.41, 5.74) is 2.98. The first-order valence-corrected chi connectivity index (χ1v) is 11.2. The highest BCUT2D eigenvalue weighted by Gasteiger charge is 2.14. The number of fused-ring (bicyclic) bond motifs is 1. The van der Waals surface area contributed by atoms with E-state index < -0.39 is 5.91 Å². The first kappa shape index (κ1) is 22.6. The molecular formula is C24H26N2O4S. The predicted molar refractivity (Wildman–Crippen MR) is 121 cm³/mol. The number of rotatable bonds is 8. The number of thiazole rings is 1. The van der Waals surface area contributed by atoms with E-state index in [0.29, 0.717) is 15.9 Å². The summed E-state index contributed by atoms with van der Waals surface area (Å²) in [7, 11) is 0. The Balaban J connectivity index is 2.03. The lowest BCUT2D eigenvalue weighted by molar-refractivity contribution is -0.143. The molecule has 1 aromatic heterocycles. The molecule has 0 saturated heterocycles. The zero-order chi connectivity index (χ0) is 22.4. The van der Waals surface area contributed by atoms with Gasteiger partial charge >= 0.3 is 5.97 Å². The van der Waals surface area contributed by atoms with E-state index in [4.69, 9.17) is 4.74 Å². The Kier molecular flexibility index (Phi) is 7.52. The van der Waals surface area contributed by atoms with Crippen LogP contribution in [0.3, 0.4) is 0 Å². The topological polar surface area (TPSA) is 77.7 Å². The molecule has 1 amide bonds. The van der Waals surface area contributed by atoms with Gasteiger partial charge in [-0.1, -0.05) is 42.9 Å². The van der Waals surface area contributed by atoms with Crippen molar-refractivity contribution >= 4 is 39.2 Å².